The minimum absolute atomic E-state index is 0.213. The first kappa shape index (κ1) is 11.6. The van der Waals surface area contributed by atoms with Gasteiger partial charge in [0, 0.05) is 18.8 Å². The third kappa shape index (κ3) is 2.13. The molecule has 1 unspecified atom stereocenters. The highest BCUT2D eigenvalue weighted by molar-refractivity contribution is 5.45. The van der Waals surface area contributed by atoms with Gasteiger partial charge in [-0.25, -0.2) is 15.4 Å². The number of hydrogen-bond donors (Lipinski definition) is 3. The maximum absolute atomic E-state index is 5.89. The zero-order valence-electron chi connectivity index (χ0n) is 9.88. The van der Waals surface area contributed by atoms with Crippen LogP contribution in [0.5, 0.6) is 0 Å². The lowest BCUT2D eigenvalue weighted by atomic mass is 10.0. The molecule has 0 bridgehead atoms. The number of hydrogen-bond acceptors (Lipinski definition) is 5. The number of nitrogens with zero attached hydrogens (tertiary/aromatic N) is 3. The molecule has 2 rings (SSSR count). The monoisotopic (exact) mass is 232 g/mol. The Hall–Kier alpha value is -1.92. The average molecular weight is 232 g/mol. The van der Waals surface area contributed by atoms with Crippen molar-refractivity contribution >= 4 is 5.82 Å². The van der Waals surface area contributed by atoms with Crippen LogP contribution in [0, 0.1) is 6.92 Å². The highest BCUT2D eigenvalue weighted by Gasteiger charge is 2.18. The largest absolute Gasteiger partial charge is 0.383 e. The Morgan fingerprint density at radius 1 is 1.41 bits per heavy atom. The van der Waals surface area contributed by atoms with Crippen molar-refractivity contribution in [2.75, 3.05) is 5.73 Å². The Bertz CT molecular complexity index is 518. The Kier molecular flexibility index (Phi) is 3.08. The molecule has 0 amide bonds. The minimum atomic E-state index is -0.213. The third-order valence-electron chi connectivity index (χ3n) is 2.71. The van der Waals surface area contributed by atoms with Crippen LogP contribution >= 0.6 is 0 Å². The Morgan fingerprint density at radius 3 is 2.76 bits per heavy atom. The highest BCUT2D eigenvalue weighted by Crippen LogP contribution is 2.24. The standard InChI is InChI=1S/C11H16N6/c1-7-3-8(11(12)15-4-7)10(16-13)9-5-14-6-17(9)2/h3-6,10,16H,13H2,1-2H3,(H2,12,15). The van der Waals surface area contributed by atoms with Crippen molar-refractivity contribution < 1.29 is 0 Å². The van der Waals surface area contributed by atoms with Crippen molar-refractivity contribution in [2.24, 2.45) is 12.9 Å². The summed E-state index contributed by atoms with van der Waals surface area (Å²) in [5.74, 6) is 6.08. The van der Waals surface area contributed by atoms with Gasteiger partial charge in [-0.05, 0) is 18.6 Å². The van der Waals surface area contributed by atoms with Crippen LogP contribution in [0.1, 0.15) is 22.9 Å². The number of aryl methyl sites for hydroxylation is 2. The van der Waals surface area contributed by atoms with E-state index >= 15 is 0 Å². The second-order valence-electron chi connectivity index (χ2n) is 4.02. The Morgan fingerprint density at radius 2 is 2.18 bits per heavy atom. The smallest absolute Gasteiger partial charge is 0.128 e. The number of hydrazine groups is 1. The molecular formula is C11H16N6. The topological polar surface area (TPSA) is 94.8 Å². The van der Waals surface area contributed by atoms with Crippen LogP contribution in [0.4, 0.5) is 5.82 Å². The van der Waals surface area contributed by atoms with Gasteiger partial charge < -0.3 is 10.3 Å². The molecule has 0 saturated carbocycles. The first-order valence-electron chi connectivity index (χ1n) is 5.28. The number of pyridine rings is 1. The van der Waals surface area contributed by atoms with Crippen LogP contribution in [-0.4, -0.2) is 14.5 Å². The second kappa shape index (κ2) is 4.52. The summed E-state index contributed by atoms with van der Waals surface area (Å²) in [6.45, 7) is 1.97. The lowest BCUT2D eigenvalue weighted by molar-refractivity contribution is 0.597. The number of aromatic nitrogens is 3. The third-order valence-corrected chi connectivity index (χ3v) is 2.71. The SMILES string of the molecule is Cc1cnc(N)c(C(NN)c2cncn2C)c1. The van der Waals surface area contributed by atoms with Crippen LogP contribution in [-0.2, 0) is 7.05 Å². The van der Waals surface area contributed by atoms with E-state index in [0.29, 0.717) is 5.82 Å². The van der Waals surface area contributed by atoms with E-state index in [1.807, 2.05) is 24.6 Å². The molecule has 1 atom stereocenters. The van der Waals surface area contributed by atoms with Crippen LogP contribution in [0.25, 0.3) is 0 Å². The van der Waals surface area contributed by atoms with E-state index in [4.69, 9.17) is 11.6 Å². The van der Waals surface area contributed by atoms with Crippen molar-refractivity contribution in [2.45, 2.75) is 13.0 Å². The molecule has 17 heavy (non-hydrogen) atoms. The summed E-state index contributed by atoms with van der Waals surface area (Å²) in [5, 5.41) is 0. The van der Waals surface area contributed by atoms with Crippen LogP contribution < -0.4 is 17.0 Å². The number of nitrogens with two attached hydrogens (primary N) is 2. The van der Waals surface area contributed by atoms with Gasteiger partial charge in [0.1, 0.15) is 5.82 Å². The quantitative estimate of drug-likeness (QED) is 0.521. The molecule has 0 aliphatic heterocycles. The fraction of sp³-hybridized carbons (Fsp3) is 0.273. The highest BCUT2D eigenvalue weighted by atomic mass is 15.3. The number of nitrogens with one attached hydrogen (secondary N) is 1. The molecule has 2 heterocycles. The summed E-state index contributed by atoms with van der Waals surface area (Å²) in [6.07, 6.45) is 5.21. The summed E-state index contributed by atoms with van der Waals surface area (Å²) in [5.41, 5.74) is 11.5. The first-order valence-corrected chi connectivity index (χ1v) is 5.28. The maximum Gasteiger partial charge on any atom is 0.128 e. The molecule has 0 spiro atoms. The molecule has 0 fully saturated rings. The van der Waals surface area contributed by atoms with Crippen LogP contribution in [0.15, 0.2) is 24.8 Å². The summed E-state index contributed by atoms with van der Waals surface area (Å²) in [7, 11) is 1.91. The minimum Gasteiger partial charge on any atom is -0.383 e. The summed E-state index contributed by atoms with van der Waals surface area (Å²) in [6, 6.07) is 1.76. The van der Waals surface area contributed by atoms with E-state index in [2.05, 4.69) is 15.4 Å². The van der Waals surface area contributed by atoms with E-state index in [9.17, 15) is 0 Å². The van der Waals surface area contributed by atoms with Gasteiger partial charge in [-0.2, -0.15) is 0 Å². The molecule has 0 aromatic carbocycles. The van der Waals surface area contributed by atoms with Gasteiger partial charge in [0.2, 0.25) is 0 Å². The number of rotatable bonds is 3. The van der Waals surface area contributed by atoms with E-state index in [1.54, 1.807) is 18.7 Å². The molecule has 6 nitrogen and oxygen atoms in total. The lowest BCUT2D eigenvalue weighted by Crippen LogP contribution is -2.31. The fourth-order valence-electron chi connectivity index (χ4n) is 1.81. The van der Waals surface area contributed by atoms with Gasteiger partial charge in [-0.1, -0.05) is 0 Å². The van der Waals surface area contributed by atoms with Gasteiger partial charge >= 0.3 is 0 Å². The van der Waals surface area contributed by atoms with Gasteiger partial charge in [0.15, 0.2) is 0 Å². The van der Waals surface area contributed by atoms with Gasteiger partial charge in [0.05, 0.1) is 24.3 Å². The predicted molar refractivity (Wildman–Crippen MR) is 65.8 cm³/mol. The Labute approximate surface area is 99.6 Å². The van der Waals surface area contributed by atoms with E-state index < -0.39 is 0 Å². The average Bonchev–Trinajstić information content (AvgIpc) is 2.71. The maximum atomic E-state index is 5.89. The molecule has 0 saturated heterocycles. The molecular weight excluding hydrogens is 216 g/mol. The number of imidazole rings is 1. The number of nitrogen functional groups attached to an aromatic ring is 1. The van der Waals surface area contributed by atoms with Crippen molar-refractivity contribution in [3.05, 3.63) is 41.6 Å². The molecule has 5 N–H and O–H groups in total. The van der Waals surface area contributed by atoms with Crippen LogP contribution in [0.3, 0.4) is 0 Å². The van der Waals surface area contributed by atoms with Crippen molar-refractivity contribution in [1.82, 2.24) is 20.0 Å². The normalized spacial score (nSPS) is 12.6. The Balaban J connectivity index is 2.49. The summed E-state index contributed by atoms with van der Waals surface area (Å²) < 4.78 is 1.90. The molecule has 0 aliphatic carbocycles. The fourth-order valence-corrected chi connectivity index (χ4v) is 1.81. The first-order chi connectivity index (χ1) is 8.13. The zero-order chi connectivity index (χ0) is 12.4. The van der Waals surface area contributed by atoms with Gasteiger partial charge in [-0.3, -0.25) is 5.84 Å². The summed E-state index contributed by atoms with van der Waals surface area (Å²) >= 11 is 0. The van der Waals surface area contributed by atoms with Crippen molar-refractivity contribution in [1.29, 1.82) is 0 Å². The molecule has 0 radical (unpaired) electrons. The molecule has 90 valence electrons. The predicted octanol–water partition coefficient (Wildman–Crippen LogP) is 0.258. The van der Waals surface area contributed by atoms with Crippen molar-refractivity contribution in [3.8, 4) is 0 Å². The van der Waals surface area contributed by atoms with Gasteiger partial charge in [0.25, 0.3) is 0 Å². The second-order valence-corrected chi connectivity index (χ2v) is 4.02. The zero-order valence-corrected chi connectivity index (χ0v) is 9.88. The molecule has 0 aliphatic rings. The van der Waals surface area contributed by atoms with Crippen molar-refractivity contribution in [3.63, 3.8) is 0 Å². The molecule has 6 heteroatoms. The molecule has 2 aromatic heterocycles. The van der Waals surface area contributed by atoms with Gasteiger partial charge in [-0.15, -0.1) is 0 Å². The van der Waals surface area contributed by atoms with E-state index in [-0.39, 0.29) is 6.04 Å². The van der Waals surface area contributed by atoms with E-state index in [1.165, 1.54) is 0 Å². The lowest BCUT2D eigenvalue weighted by Gasteiger charge is -2.18. The molecule has 2 aromatic rings. The van der Waals surface area contributed by atoms with E-state index in [0.717, 1.165) is 16.8 Å². The summed E-state index contributed by atoms with van der Waals surface area (Å²) in [4.78, 5) is 8.21. The van der Waals surface area contributed by atoms with Crippen LogP contribution in [0.2, 0.25) is 0 Å². The number of anilines is 1.